The van der Waals surface area contributed by atoms with Crippen molar-refractivity contribution in [1.82, 2.24) is 4.98 Å². The molecule has 0 spiro atoms. The predicted molar refractivity (Wildman–Crippen MR) is 97.0 cm³/mol. The molecule has 0 fully saturated rings. The molecule has 0 atom stereocenters. The maximum atomic E-state index is 12.8. The number of esters is 1. The molecule has 0 aliphatic carbocycles. The lowest BCUT2D eigenvalue weighted by Crippen LogP contribution is -2.05. The fraction of sp³-hybridized carbons (Fsp3) is 0.150. The highest BCUT2D eigenvalue weighted by atomic mass is 19.4. The van der Waals surface area contributed by atoms with Crippen LogP contribution in [0.2, 0.25) is 0 Å². The molecule has 1 heterocycles. The fourth-order valence-corrected chi connectivity index (χ4v) is 2.84. The van der Waals surface area contributed by atoms with Crippen molar-refractivity contribution in [2.75, 3.05) is 12.3 Å². The molecule has 3 N–H and O–H groups in total. The molecular formula is C20H17F3N2O2. The number of nitrogen functional groups attached to an aromatic ring is 1. The molecule has 3 rings (SSSR count). The zero-order valence-electron chi connectivity index (χ0n) is 14.4. The summed E-state index contributed by atoms with van der Waals surface area (Å²) in [7, 11) is 0. The Morgan fingerprint density at radius 1 is 1.11 bits per heavy atom. The lowest BCUT2D eigenvalue weighted by atomic mass is 9.97. The average molecular weight is 374 g/mol. The Morgan fingerprint density at radius 3 is 2.41 bits per heavy atom. The molecule has 0 unspecified atom stereocenters. The van der Waals surface area contributed by atoms with Crippen LogP contribution in [0.4, 0.5) is 18.9 Å². The standard InChI is InChI=1S/C20H17F3N2O2/c1-2-27-19(26)16-11-25-18(17(16)13-4-3-5-15(24)10-13)12-6-8-14(9-7-12)20(21,22)23/h3-11,25H,2,24H2,1H3. The Balaban J connectivity index is 2.14. The first-order valence-corrected chi connectivity index (χ1v) is 8.23. The number of ether oxygens (including phenoxy) is 1. The quantitative estimate of drug-likeness (QED) is 0.492. The zero-order valence-corrected chi connectivity index (χ0v) is 14.4. The Labute approximate surface area is 153 Å². The van der Waals surface area contributed by atoms with E-state index >= 15 is 0 Å². The van der Waals surface area contributed by atoms with Gasteiger partial charge in [0.1, 0.15) is 0 Å². The van der Waals surface area contributed by atoms with Gasteiger partial charge in [-0.15, -0.1) is 0 Å². The Bertz CT molecular complexity index is 960. The summed E-state index contributed by atoms with van der Waals surface area (Å²) in [4.78, 5) is 15.3. The van der Waals surface area contributed by atoms with E-state index in [2.05, 4.69) is 4.98 Å². The number of nitrogens with two attached hydrogens (primary N) is 1. The third-order valence-corrected chi connectivity index (χ3v) is 4.05. The van der Waals surface area contributed by atoms with E-state index in [0.29, 0.717) is 28.1 Å². The summed E-state index contributed by atoms with van der Waals surface area (Å²) in [6.07, 6.45) is -2.93. The largest absolute Gasteiger partial charge is 0.462 e. The third-order valence-electron chi connectivity index (χ3n) is 4.05. The third kappa shape index (κ3) is 3.81. The van der Waals surface area contributed by atoms with Crippen LogP contribution in [-0.2, 0) is 10.9 Å². The number of anilines is 1. The summed E-state index contributed by atoms with van der Waals surface area (Å²) < 4.78 is 43.6. The van der Waals surface area contributed by atoms with E-state index in [1.54, 1.807) is 31.2 Å². The Morgan fingerprint density at radius 2 is 1.81 bits per heavy atom. The molecule has 0 aliphatic rings. The van der Waals surface area contributed by atoms with Crippen molar-refractivity contribution in [2.24, 2.45) is 0 Å². The molecule has 7 heteroatoms. The van der Waals surface area contributed by atoms with Gasteiger partial charge in [-0.3, -0.25) is 0 Å². The van der Waals surface area contributed by atoms with E-state index in [0.717, 1.165) is 12.1 Å². The van der Waals surface area contributed by atoms with Crippen molar-refractivity contribution in [3.05, 3.63) is 65.9 Å². The first kappa shape index (κ1) is 18.6. The molecule has 3 aromatic rings. The molecule has 0 amide bonds. The van der Waals surface area contributed by atoms with Gasteiger partial charge in [0.15, 0.2) is 0 Å². The van der Waals surface area contributed by atoms with E-state index in [1.165, 1.54) is 18.3 Å². The number of carbonyl (C=O) groups is 1. The monoisotopic (exact) mass is 374 g/mol. The highest BCUT2D eigenvalue weighted by molar-refractivity contribution is 6.02. The van der Waals surface area contributed by atoms with E-state index in [4.69, 9.17) is 10.5 Å². The van der Waals surface area contributed by atoms with Crippen LogP contribution < -0.4 is 5.73 Å². The molecule has 1 aromatic heterocycles. The van der Waals surface area contributed by atoms with Crippen LogP contribution >= 0.6 is 0 Å². The van der Waals surface area contributed by atoms with Crippen LogP contribution in [0.5, 0.6) is 0 Å². The van der Waals surface area contributed by atoms with Gasteiger partial charge >= 0.3 is 12.1 Å². The topological polar surface area (TPSA) is 68.1 Å². The van der Waals surface area contributed by atoms with Crippen LogP contribution in [0.15, 0.2) is 54.7 Å². The molecule has 0 aliphatic heterocycles. The van der Waals surface area contributed by atoms with Crippen molar-refractivity contribution in [3.8, 4) is 22.4 Å². The summed E-state index contributed by atoms with van der Waals surface area (Å²) in [5.41, 5.74) is 8.12. The summed E-state index contributed by atoms with van der Waals surface area (Å²) in [6, 6.07) is 11.6. The molecule has 0 radical (unpaired) electrons. The number of benzene rings is 2. The van der Waals surface area contributed by atoms with Crippen molar-refractivity contribution in [2.45, 2.75) is 13.1 Å². The van der Waals surface area contributed by atoms with Gasteiger partial charge in [-0.1, -0.05) is 24.3 Å². The SMILES string of the molecule is CCOC(=O)c1c[nH]c(-c2ccc(C(F)(F)F)cc2)c1-c1cccc(N)c1. The van der Waals surface area contributed by atoms with Crippen LogP contribution in [0.3, 0.4) is 0 Å². The molecular weight excluding hydrogens is 357 g/mol. The number of hydrogen-bond donors (Lipinski definition) is 2. The second-order valence-electron chi connectivity index (χ2n) is 5.87. The number of halogens is 3. The highest BCUT2D eigenvalue weighted by Gasteiger charge is 2.30. The molecule has 2 aromatic carbocycles. The summed E-state index contributed by atoms with van der Waals surface area (Å²) in [5, 5.41) is 0. The molecule has 0 saturated carbocycles. The maximum Gasteiger partial charge on any atom is 0.416 e. The van der Waals surface area contributed by atoms with Crippen LogP contribution in [0, 0.1) is 0 Å². The first-order chi connectivity index (χ1) is 12.8. The van der Waals surface area contributed by atoms with E-state index in [-0.39, 0.29) is 12.2 Å². The first-order valence-electron chi connectivity index (χ1n) is 8.23. The van der Waals surface area contributed by atoms with Gasteiger partial charge in [-0.05, 0) is 42.3 Å². The van der Waals surface area contributed by atoms with Crippen LogP contribution in [0.25, 0.3) is 22.4 Å². The predicted octanol–water partition coefficient (Wildman–Crippen LogP) is 5.13. The second-order valence-corrected chi connectivity index (χ2v) is 5.87. The average Bonchev–Trinajstić information content (AvgIpc) is 3.06. The lowest BCUT2D eigenvalue weighted by Gasteiger charge is -2.10. The van der Waals surface area contributed by atoms with Crippen molar-refractivity contribution in [1.29, 1.82) is 0 Å². The minimum absolute atomic E-state index is 0.204. The van der Waals surface area contributed by atoms with Gasteiger partial charge in [-0.25, -0.2) is 4.79 Å². The van der Waals surface area contributed by atoms with Gasteiger partial charge in [0.05, 0.1) is 23.4 Å². The second kappa shape index (κ2) is 7.19. The number of carbonyl (C=O) groups excluding carboxylic acids is 1. The zero-order chi connectivity index (χ0) is 19.6. The molecule has 0 saturated heterocycles. The minimum atomic E-state index is -4.42. The van der Waals surface area contributed by atoms with Gasteiger partial charge in [0.25, 0.3) is 0 Å². The number of rotatable bonds is 4. The van der Waals surface area contributed by atoms with E-state index in [9.17, 15) is 18.0 Å². The van der Waals surface area contributed by atoms with Crippen molar-refractivity contribution in [3.63, 3.8) is 0 Å². The summed E-state index contributed by atoms with van der Waals surface area (Å²) >= 11 is 0. The fourth-order valence-electron chi connectivity index (χ4n) is 2.84. The molecule has 0 bridgehead atoms. The van der Waals surface area contributed by atoms with Crippen LogP contribution in [-0.4, -0.2) is 17.6 Å². The van der Waals surface area contributed by atoms with Crippen molar-refractivity contribution >= 4 is 11.7 Å². The van der Waals surface area contributed by atoms with Gasteiger partial charge < -0.3 is 15.5 Å². The Hall–Kier alpha value is -3.22. The number of aromatic nitrogens is 1. The maximum absolute atomic E-state index is 12.8. The molecule has 27 heavy (non-hydrogen) atoms. The normalized spacial score (nSPS) is 11.4. The number of aromatic amines is 1. The summed E-state index contributed by atoms with van der Waals surface area (Å²) in [6.45, 7) is 1.90. The van der Waals surface area contributed by atoms with E-state index < -0.39 is 17.7 Å². The summed E-state index contributed by atoms with van der Waals surface area (Å²) in [5.74, 6) is -0.524. The Kier molecular flexibility index (Phi) is 4.94. The molecule has 4 nitrogen and oxygen atoms in total. The van der Waals surface area contributed by atoms with Crippen molar-refractivity contribution < 1.29 is 22.7 Å². The highest BCUT2D eigenvalue weighted by Crippen LogP contribution is 2.37. The van der Waals surface area contributed by atoms with E-state index in [1.807, 2.05) is 0 Å². The van der Waals surface area contributed by atoms with Gasteiger partial charge in [0, 0.05) is 17.4 Å². The number of nitrogens with one attached hydrogen (secondary N) is 1. The number of hydrogen-bond acceptors (Lipinski definition) is 3. The smallest absolute Gasteiger partial charge is 0.416 e. The number of H-pyrrole nitrogens is 1. The van der Waals surface area contributed by atoms with Gasteiger partial charge in [-0.2, -0.15) is 13.2 Å². The lowest BCUT2D eigenvalue weighted by molar-refractivity contribution is -0.137. The minimum Gasteiger partial charge on any atom is -0.462 e. The number of alkyl halides is 3. The van der Waals surface area contributed by atoms with Gasteiger partial charge in [0.2, 0.25) is 0 Å². The van der Waals surface area contributed by atoms with Crippen LogP contribution in [0.1, 0.15) is 22.8 Å². The molecule has 140 valence electrons.